The van der Waals surface area contributed by atoms with Crippen LogP contribution in [0, 0.1) is 0 Å². The largest absolute Gasteiger partial charge is 0.465 e. The van der Waals surface area contributed by atoms with Gasteiger partial charge >= 0.3 is 11.5 Å². The monoisotopic (exact) mass is 319 g/mol. The van der Waals surface area contributed by atoms with Gasteiger partial charge in [-0.3, -0.25) is 0 Å². The Kier molecular flexibility index (Phi) is 5.01. The molecule has 0 heterocycles. The molecule has 0 bridgehead atoms. The molecule has 1 aromatic rings. The predicted molar refractivity (Wildman–Crippen MR) is 65.1 cm³/mol. The molecule has 0 saturated carbocycles. The summed E-state index contributed by atoms with van der Waals surface area (Å²) in [5, 5.41) is -0.131. The molecule has 1 N–H and O–H groups in total. The minimum atomic E-state index is -4.49. The second-order valence-electron chi connectivity index (χ2n) is 2.96. The van der Waals surface area contributed by atoms with Crippen molar-refractivity contribution in [3.63, 3.8) is 0 Å². The van der Waals surface area contributed by atoms with Gasteiger partial charge in [-0.25, -0.2) is 4.79 Å². The Morgan fingerprint density at radius 2 is 2.00 bits per heavy atom. The fourth-order valence-electron chi connectivity index (χ4n) is 1.03. The average Bonchev–Trinajstić information content (AvgIpc) is 2.27. The van der Waals surface area contributed by atoms with E-state index in [1.165, 1.54) is 12.1 Å². The van der Waals surface area contributed by atoms with Crippen molar-refractivity contribution in [3.8, 4) is 0 Å². The summed E-state index contributed by atoms with van der Waals surface area (Å²) >= 11 is 10.9. The third-order valence-electron chi connectivity index (χ3n) is 1.72. The van der Waals surface area contributed by atoms with E-state index in [0.29, 0.717) is 0 Å². The molecule has 0 amide bonds. The van der Waals surface area contributed by atoms with Gasteiger partial charge in [0.05, 0.1) is 35.3 Å². The molecular formula is C9H6Cl2F3NO2S. The predicted octanol–water partition coefficient (Wildman–Crippen LogP) is 4.36. The number of nitrogens with one attached hydrogen (secondary N) is 1. The molecular weight excluding hydrogens is 314 g/mol. The van der Waals surface area contributed by atoms with Gasteiger partial charge in [0.15, 0.2) is 0 Å². The van der Waals surface area contributed by atoms with Crippen molar-refractivity contribution in [2.75, 3.05) is 11.8 Å². The highest BCUT2D eigenvalue weighted by molar-refractivity contribution is 8.01. The Hall–Kier alpha value is -0.790. The van der Waals surface area contributed by atoms with E-state index in [-0.39, 0.29) is 21.3 Å². The second-order valence-corrected chi connectivity index (χ2v) is 4.64. The SMILES string of the molecule is COC(=O)c1cc(Cl)cc(NSC(F)(F)F)c1Cl. The summed E-state index contributed by atoms with van der Waals surface area (Å²) in [6, 6.07) is 2.38. The molecule has 0 spiro atoms. The number of esters is 1. The third-order valence-corrected chi connectivity index (χ3v) is 2.90. The molecule has 1 rings (SSSR count). The lowest BCUT2D eigenvalue weighted by Gasteiger charge is -2.12. The molecule has 100 valence electrons. The van der Waals surface area contributed by atoms with Crippen LogP contribution in [0.15, 0.2) is 12.1 Å². The van der Waals surface area contributed by atoms with E-state index in [0.717, 1.165) is 7.11 Å². The number of halogens is 5. The Morgan fingerprint density at radius 1 is 1.39 bits per heavy atom. The van der Waals surface area contributed by atoms with Crippen molar-refractivity contribution in [2.45, 2.75) is 5.51 Å². The highest BCUT2D eigenvalue weighted by Gasteiger charge is 2.29. The Morgan fingerprint density at radius 3 is 2.50 bits per heavy atom. The van der Waals surface area contributed by atoms with Crippen molar-refractivity contribution in [3.05, 3.63) is 27.7 Å². The summed E-state index contributed by atoms with van der Waals surface area (Å²) in [6.45, 7) is 0. The van der Waals surface area contributed by atoms with Gasteiger partial charge in [-0.15, -0.1) is 0 Å². The van der Waals surface area contributed by atoms with E-state index in [1.807, 2.05) is 4.72 Å². The molecule has 0 aliphatic heterocycles. The molecule has 0 aliphatic carbocycles. The Labute approximate surface area is 115 Å². The number of hydrogen-bond donors (Lipinski definition) is 1. The van der Waals surface area contributed by atoms with Crippen LogP contribution in [-0.2, 0) is 4.74 Å². The molecule has 18 heavy (non-hydrogen) atoms. The molecule has 1 aromatic carbocycles. The summed E-state index contributed by atoms with van der Waals surface area (Å²) < 4.78 is 42.5. The lowest BCUT2D eigenvalue weighted by atomic mass is 10.2. The van der Waals surface area contributed by atoms with Crippen molar-refractivity contribution >= 4 is 46.8 Å². The number of anilines is 1. The zero-order valence-electron chi connectivity index (χ0n) is 8.77. The maximum Gasteiger partial charge on any atom is 0.461 e. The fraction of sp³-hybridized carbons (Fsp3) is 0.222. The van der Waals surface area contributed by atoms with Crippen LogP contribution in [0.1, 0.15) is 10.4 Å². The van der Waals surface area contributed by atoms with E-state index in [4.69, 9.17) is 23.2 Å². The molecule has 3 nitrogen and oxygen atoms in total. The maximum absolute atomic E-state index is 12.0. The first-order chi connectivity index (χ1) is 8.24. The van der Waals surface area contributed by atoms with Crippen LogP contribution in [0.25, 0.3) is 0 Å². The van der Waals surface area contributed by atoms with Crippen molar-refractivity contribution < 1.29 is 22.7 Å². The van der Waals surface area contributed by atoms with E-state index < -0.39 is 23.4 Å². The van der Waals surface area contributed by atoms with Crippen molar-refractivity contribution in [1.82, 2.24) is 0 Å². The molecule has 0 atom stereocenters. The normalized spacial score (nSPS) is 11.2. The van der Waals surface area contributed by atoms with E-state index >= 15 is 0 Å². The van der Waals surface area contributed by atoms with Crippen molar-refractivity contribution in [1.29, 1.82) is 0 Å². The minimum Gasteiger partial charge on any atom is -0.465 e. The van der Waals surface area contributed by atoms with Gasteiger partial charge in [0, 0.05) is 5.02 Å². The van der Waals surface area contributed by atoms with Crippen LogP contribution in [0.4, 0.5) is 18.9 Å². The Bertz CT molecular complexity index is 468. The van der Waals surface area contributed by atoms with Crippen LogP contribution < -0.4 is 4.72 Å². The number of benzene rings is 1. The number of alkyl halides is 3. The van der Waals surface area contributed by atoms with Gasteiger partial charge in [0.25, 0.3) is 0 Å². The quantitative estimate of drug-likeness (QED) is 0.663. The van der Waals surface area contributed by atoms with E-state index in [1.54, 1.807) is 0 Å². The average molecular weight is 320 g/mol. The third kappa shape index (κ3) is 4.15. The molecule has 9 heteroatoms. The van der Waals surface area contributed by atoms with Gasteiger partial charge in [-0.05, 0) is 12.1 Å². The van der Waals surface area contributed by atoms with Crippen LogP contribution in [-0.4, -0.2) is 18.6 Å². The lowest BCUT2D eigenvalue weighted by molar-refractivity contribution is -0.0323. The first-order valence-electron chi connectivity index (χ1n) is 4.32. The summed E-state index contributed by atoms with van der Waals surface area (Å²) in [7, 11) is 1.12. The van der Waals surface area contributed by atoms with Gasteiger partial charge in [-0.1, -0.05) is 23.2 Å². The number of hydrogen-bond acceptors (Lipinski definition) is 4. The summed E-state index contributed by atoms with van der Waals surface area (Å²) in [6.07, 6.45) is 0. The van der Waals surface area contributed by atoms with Crippen LogP contribution >= 0.6 is 35.1 Å². The number of rotatable bonds is 3. The molecule has 0 fully saturated rings. The molecule has 0 aliphatic rings. The van der Waals surface area contributed by atoms with E-state index in [9.17, 15) is 18.0 Å². The summed E-state index contributed by atoms with van der Waals surface area (Å²) in [4.78, 5) is 11.3. The highest BCUT2D eigenvalue weighted by atomic mass is 35.5. The molecule has 0 unspecified atom stereocenters. The molecule has 0 aromatic heterocycles. The summed E-state index contributed by atoms with van der Waals surface area (Å²) in [5.41, 5.74) is -4.72. The first kappa shape index (κ1) is 15.3. The van der Waals surface area contributed by atoms with Crippen LogP contribution in [0.5, 0.6) is 0 Å². The van der Waals surface area contributed by atoms with Crippen molar-refractivity contribution in [2.24, 2.45) is 0 Å². The molecule has 0 radical (unpaired) electrons. The van der Waals surface area contributed by atoms with Gasteiger partial charge in [0.1, 0.15) is 0 Å². The van der Waals surface area contributed by atoms with Crippen LogP contribution in [0.2, 0.25) is 10.0 Å². The second kappa shape index (κ2) is 5.90. The lowest BCUT2D eigenvalue weighted by Crippen LogP contribution is -2.07. The van der Waals surface area contributed by atoms with Gasteiger partial charge < -0.3 is 9.46 Å². The first-order valence-corrected chi connectivity index (χ1v) is 5.90. The Balaban J connectivity index is 3.05. The number of carbonyl (C=O) groups is 1. The zero-order chi connectivity index (χ0) is 13.9. The summed E-state index contributed by atoms with van der Waals surface area (Å²) in [5.74, 6) is -0.789. The van der Waals surface area contributed by atoms with Crippen LogP contribution in [0.3, 0.4) is 0 Å². The smallest absolute Gasteiger partial charge is 0.461 e. The van der Waals surface area contributed by atoms with E-state index in [2.05, 4.69) is 4.74 Å². The number of methoxy groups -OCH3 is 1. The standard InChI is InChI=1S/C9H6Cl2F3NO2S/c1-17-8(16)5-2-4(10)3-6(7(5)11)15-18-9(12,13)14/h2-3,15H,1H3. The highest BCUT2D eigenvalue weighted by Crippen LogP contribution is 2.36. The van der Waals surface area contributed by atoms with Gasteiger partial charge in [-0.2, -0.15) is 13.2 Å². The maximum atomic E-state index is 12.0. The zero-order valence-corrected chi connectivity index (χ0v) is 11.1. The number of carbonyl (C=O) groups excluding carboxylic acids is 1. The topological polar surface area (TPSA) is 38.3 Å². The molecule has 0 saturated heterocycles. The fourth-order valence-corrected chi connectivity index (χ4v) is 1.93. The minimum absolute atomic E-state index is 0.0603. The van der Waals surface area contributed by atoms with Gasteiger partial charge in [0.2, 0.25) is 0 Å². The number of ether oxygens (including phenoxy) is 1.